The highest BCUT2D eigenvalue weighted by Gasteiger charge is 2.02. The zero-order valence-corrected chi connectivity index (χ0v) is 9.79. The summed E-state index contributed by atoms with van der Waals surface area (Å²) in [6.45, 7) is 0.637. The second-order valence-corrected chi connectivity index (χ2v) is 4.88. The third-order valence-corrected chi connectivity index (χ3v) is 3.29. The predicted octanol–water partition coefficient (Wildman–Crippen LogP) is 1.03. The summed E-state index contributed by atoms with van der Waals surface area (Å²) in [6, 6.07) is 4.04. The van der Waals surface area contributed by atoms with Crippen molar-refractivity contribution >= 4 is 34.2 Å². The zero-order chi connectivity index (χ0) is 11.1. The van der Waals surface area contributed by atoms with E-state index in [1.165, 1.54) is 4.88 Å². The lowest BCUT2D eigenvalue weighted by molar-refractivity contribution is -0.118. The van der Waals surface area contributed by atoms with Gasteiger partial charge in [0.15, 0.2) is 5.17 Å². The first-order valence-corrected chi connectivity index (χ1v) is 6.31. The highest BCUT2D eigenvalue weighted by atomic mass is 32.2. The Morgan fingerprint density at radius 1 is 1.67 bits per heavy atom. The number of carbonyl (C=O) groups excluding carboxylic acids is 1. The molecule has 4 nitrogen and oxygen atoms in total. The molecule has 0 radical (unpaired) electrons. The van der Waals surface area contributed by atoms with E-state index in [1.807, 2.05) is 17.5 Å². The maximum Gasteiger partial charge on any atom is 0.230 e. The van der Waals surface area contributed by atoms with Crippen LogP contribution in [0.1, 0.15) is 4.88 Å². The number of hydrogen-bond acceptors (Lipinski definition) is 4. The Morgan fingerprint density at radius 3 is 3.07 bits per heavy atom. The van der Waals surface area contributed by atoms with Crippen molar-refractivity contribution in [2.24, 2.45) is 5.73 Å². The van der Waals surface area contributed by atoms with E-state index in [9.17, 15) is 4.79 Å². The average molecular weight is 243 g/mol. The topological polar surface area (TPSA) is 79.0 Å². The summed E-state index contributed by atoms with van der Waals surface area (Å²) < 4.78 is 0. The van der Waals surface area contributed by atoms with Gasteiger partial charge in [-0.2, -0.15) is 0 Å². The fraction of sp³-hybridized carbons (Fsp3) is 0.333. The smallest absolute Gasteiger partial charge is 0.230 e. The predicted molar refractivity (Wildman–Crippen MR) is 65.4 cm³/mol. The molecule has 0 fully saturated rings. The highest BCUT2D eigenvalue weighted by molar-refractivity contribution is 8.14. The van der Waals surface area contributed by atoms with E-state index < -0.39 is 0 Å². The maximum absolute atomic E-state index is 11.2. The summed E-state index contributed by atoms with van der Waals surface area (Å²) in [5, 5.41) is 11.7. The van der Waals surface area contributed by atoms with E-state index in [4.69, 9.17) is 11.1 Å². The van der Waals surface area contributed by atoms with Crippen molar-refractivity contribution in [2.45, 2.75) is 6.42 Å². The molecule has 0 aromatic carbocycles. The molecule has 1 aromatic heterocycles. The Kier molecular flexibility index (Phi) is 5.20. The van der Waals surface area contributed by atoms with E-state index in [2.05, 4.69) is 5.32 Å². The minimum Gasteiger partial charge on any atom is -0.379 e. The maximum atomic E-state index is 11.2. The van der Waals surface area contributed by atoms with Gasteiger partial charge >= 0.3 is 0 Å². The number of amides is 1. The highest BCUT2D eigenvalue weighted by Crippen LogP contribution is 2.08. The van der Waals surface area contributed by atoms with E-state index in [1.54, 1.807) is 11.3 Å². The number of amidine groups is 1. The van der Waals surface area contributed by atoms with Crippen LogP contribution in [0.4, 0.5) is 0 Å². The molecule has 1 aromatic rings. The zero-order valence-electron chi connectivity index (χ0n) is 8.16. The molecule has 6 heteroatoms. The van der Waals surface area contributed by atoms with Crippen LogP contribution in [0.5, 0.6) is 0 Å². The lowest BCUT2D eigenvalue weighted by atomic mass is 10.3. The van der Waals surface area contributed by atoms with Crippen molar-refractivity contribution in [3.05, 3.63) is 22.4 Å². The molecule has 0 saturated heterocycles. The number of thioether (sulfide) groups is 1. The Bertz CT molecular complexity index is 324. The summed E-state index contributed by atoms with van der Waals surface area (Å²) in [6.07, 6.45) is 0.855. The van der Waals surface area contributed by atoms with Crippen molar-refractivity contribution in [3.63, 3.8) is 0 Å². The van der Waals surface area contributed by atoms with Crippen LogP contribution >= 0.6 is 23.1 Å². The quantitative estimate of drug-likeness (QED) is 0.534. The first-order chi connectivity index (χ1) is 7.18. The summed E-state index contributed by atoms with van der Waals surface area (Å²) in [4.78, 5) is 12.5. The van der Waals surface area contributed by atoms with Crippen molar-refractivity contribution < 1.29 is 4.79 Å². The van der Waals surface area contributed by atoms with Crippen molar-refractivity contribution in [2.75, 3.05) is 12.3 Å². The van der Waals surface area contributed by atoms with Gasteiger partial charge in [0.1, 0.15) is 0 Å². The summed E-state index contributed by atoms with van der Waals surface area (Å²) in [5.41, 5.74) is 5.11. The van der Waals surface area contributed by atoms with Gasteiger partial charge in [0.05, 0.1) is 5.75 Å². The fourth-order valence-electron chi connectivity index (χ4n) is 0.974. The van der Waals surface area contributed by atoms with Crippen LogP contribution in [0.2, 0.25) is 0 Å². The molecule has 4 N–H and O–H groups in total. The van der Waals surface area contributed by atoms with Gasteiger partial charge in [-0.3, -0.25) is 10.2 Å². The molecule has 0 unspecified atom stereocenters. The second-order valence-electron chi connectivity index (χ2n) is 2.83. The Morgan fingerprint density at radius 2 is 2.47 bits per heavy atom. The normalized spacial score (nSPS) is 9.87. The fourth-order valence-corrected chi connectivity index (χ4v) is 2.07. The monoisotopic (exact) mass is 243 g/mol. The van der Waals surface area contributed by atoms with Gasteiger partial charge in [-0.1, -0.05) is 17.8 Å². The van der Waals surface area contributed by atoms with E-state index >= 15 is 0 Å². The van der Waals surface area contributed by atoms with Gasteiger partial charge in [0.25, 0.3) is 0 Å². The van der Waals surface area contributed by atoms with Gasteiger partial charge in [0.2, 0.25) is 5.91 Å². The van der Waals surface area contributed by atoms with Crippen LogP contribution < -0.4 is 11.1 Å². The van der Waals surface area contributed by atoms with Gasteiger partial charge < -0.3 is 11.1 Å². The van der Waals surface area contributed by atoms with Gasteiger partial charge in [-0.25, -0.2) is 0 Å². The molecule has 0 atom stereocenters. The lowest BCUT2D eigenvalue weighted by Gasteiger charge is -2.02. The van der Waals surface area contributed by atoms with Gasteiger partial charge in [0, 0.05) is 11.4 Å². The minimum absolute atomic E-state index is 0.0246. The van der Waals surface area contributed by atoms with Gasteiger partial charge in [-0.05, 0) is 17.9 Å². The summed E-state index contributed by atoms with van der Waals surface area (Å²) >= 11 is 2.72. The standard InChI is InChI=1S/C9H13N3OS2/c10-9(11)15-6-8(13)12-4-3-7-2-1-5-14-7/h1-2,5H,3-4,6H2,(H3,10,11)(H,12,13). The van der Waals surface area contributed by atoms with Crippen LogP contribution in [0.25, 0.3) is 0 Å². The number of nitrogens with two attached hydrogens (primary N) is 1. The number of rotatable bonds is 5. The molecule has 0 saturated carbocycles. The van der Waals surface area contributed by atoms with Crippen LogP contribution in [-0.4, -0.2) is 23.4 Å². The van der Waals surface area contributed by atoms with E-state index in [-0.39, 0.29) is 16.8 Å². The molecule has 0 aliphatic carbocycles. The summed E-state index contributed by atoms with van der Waals surface area (Å²) in [5.74, 6) is 0.145. The number of carbonyl (C=O) groups is 1. The Hall–Kier alpha value is -1.01. The molecule has 1 heterocycles. The number of hydrogen-bond donors (Lipinski definition) is 3. The van der Waals surface area contributed by atoms with Crippen LogP contribution in [0.15, 0.2) is 17.5 Å². The third kappa shape index (κ3) is 5.44. The van der Waals surface area contributed by atoms with E-state index in [0.717, 1.165) is 18.2 Å². The van der Waals surface area contributed by atoms with Crippen molar-refractivity contribution in [1.29, 1.82) is 5.41 Å². The second kappa shape index (κ2) is 6.47. The first-order valence-electron chi connectivity index (χ1n) is 4.44. The molecule has 82 valence electrons. The third-order valence-electron chi connectivity index (χ3n) is 1.63. The van der Waals surface area contributed by atoms with Crippen molar-refractivity contribution in [3.8, 4) is 0 Å². The molecule has 0 aliphatic rings. The largest absolute Gasteiger partial charge is 0.379 e. The van der Waals surface area contributed by atoms with E-state index in [0.29, 0.717) is 6.54 Å². The van der Waals surface area contributed by atoms with Crippen molar-refractivity contribution in [1.82, 2.24) is 5.32 Å². The molecule has 1 rings (SSSR count). The molecular weight excluding hydrogens is 230 g/mol. The molecule has 15 heavy (non-hydrogen) atoms. The molecular formula is C9H13N3OS2. The van der Waals surface area contributed by atoms with Crippen LogP contribution in [-0.2, 0) is 11.2 Å². The molecule has 0 bridgehead atoms. The van der Waals surface area contributed by atoms with Gasteiger partial charge in [-0.15, -0.1) is 11.3 Å². The Labute approximate surface area is 96.8 Å². The van der Waals surface area contributed by atoms with Crippen LogP contribution in [0.3, 0.4) is 0 Å². The summed E-state index contributed by atoms with van der Waals surface area (Å²) in [7, 11) is 0. The number of thiophene rings is 1. The minimum atomic E-state index is -0.0771. The SMILES string of the molecule is N=C(N)SCC(=O)NCCc1cccs1. The lowest BCUT2D eigenvalue weighted by Crippen LogP contribution is -2.28. The number of nitrogens with one attached hydrogen (secondary N) is 2. The molecule has 0 spiro atoms. The average Bonchev–Trinajstić information content (AvgIpc) is 2.67. The Balaban J connectivity index is 2.09. The first kappa shape index (κ1) is 12.1. The molecule has 0 aliphatic heterocycles. The van der Waals surface area contributed by atoms with Crippen LogP contribution in [0, 0.1) is 5.41 Å². The molecule has 1 amide bonds.